The maximum absolute atomic E-state index is 11.1. The van der Waals surface area contributed by atoms with Crippen molar-refractivity contribution >= 4 is 39.7 Å². The third kappa shape index (κ3) is 2.42. The number of ether oxygens (including phenoxy) is 2. The molecule has 0 radical (unpaired) electrons. The molecular weight excluding hydrogens is 336 g/mol. The van der Waals surface area contributed by atoms with Crippen LogP contribution >= 0.6 is 11.6 Å². The van der Waals surface area contributed by atoms with Gasteiger partial charge in [0.05, 0.1) is 10.4 Å². The summed E-state index contributed by atoms with van der Waals surface area (Å²) in [4.78, 5) is 18.8. The summed E-state index contributed by atoms with van der Waals surface area (Å²) in [5, 5.41) is 14.7. The molecular formula is C15H9ClN4O4. The Hall–Kier alpha value is -3.13. The first-order valence-electron chi connectivity index (χ1n) is 6.87. The van der Waals surface area contributed by atoms with Crippen LogP contribution < -0.4 is 14.8 Å². The van der Waals surface area contributed by atoms with Gasteiger partial charge in [-0.2, -0.15) is 0 Å². The van der Waals surface area contributed by atoms with Crippen LogP contribution in [0, 0.1) is 10.1 Å². The highest BCUT2D eigenvalue weighted by Gasteiger charge is 2.17. The van der Waals surface area contributed by atoms with E-state index in [9.17, 15) is 10.1 Å². The molecule has 0 spiro atoms. The Bertz CT molecular complexity index is 979. The maximum atomic E-state index is 11.1. The molecule has 0 atom stereocenters. The average molecular weight is 345 g/mol. The molecule has 0 bridgehead atoms. The number of nitro groups is 1. The number of benzene rings is 2. The molecule has 2 heterocycles. The second-order valence-electron chi connectivity index (χ2n) is 4.99. The average Bonchev–Trinajstić information content (AvgIpc) is 3.02. The molecule has 1 aromatic heterocycles. The number of rotatable bonds is 3. The maximum Gasteiger partial charge on any atom is 0.288 e. The quantitative estimate of drug-likeness (QED) is 0.571. The summed E-state index contributed by atoms with van der Waals surface area (Å²) in [6, 6.07) is 8.13. The standard InChI is InChI=1S/C15H9ClN4O4/c16-10-5-11-9(4-12(10)20(21)22)15(18-6-17-11)19-8-1-2-13-14(3-8)24-7-23-13/h1-6H,7H2,(H,17,18,19). The highest BCUT2D eigenvalue weighted by Crippen LogP contribution is 2.36. The largest absolute Gasteiger partial charge is 0.454 e. The molecule has 120 valence electrons. The van der Waals surface area contributed by atoms with Crippen molar-refractivity contribution < 1.29 is 14.4 Å². The number of hydrogen-bond acceptors (Lipinski definition) is 7. The van der Waals surface area contributed by atoms with E-state index in [1.54, 1.807) is 18.2 Å². The van der Waals surface area contributed by atoms with Crippen molar-refractivity contribution in [2.24, 2.45) is 0 Å². The predicted molar refractivity (Wildman–Crippen MR) is 87.1 cm³/mol. The summed E-state index contributed by atoms with van der Waals surface area (Å²) in [5.74, 6) is 1.71. The number of aromatic nitrogens is 2. The van der Waals surface area contributed by atoms with Gasteiger partial charge < -0.3 is 14.8 Å². The highest BCUT2D eigenvalue weighted by atomic mass is 35.5. The molecule has 0 saturated heterocycles. The first-order valence-corrected chi connectivity index (χ1v) is 7.25. The monoisotopic (exact) mass is 344 g/mol. The van der Waals surface area contributed by atoms with Crippen LogP contribution in [0.25, 0.3) is 10.9 Å². The van der Waals surface area contributed by atoms with Gasteiger partial charge >= 0.3 is 0 Å². The van der Waals surface area contributed by atoms with Gasteiger partial charge in [0.2, 0.25) is 6.79 Å². The second kappa shape index (κ2) is 5.50. The van der Waals surface area contributed by atoms with E-state index in [1.807, 2.05) is 0 Å². The molecule has 0 fully saturated rings. The number of nitrogens with one attached hydrogen (secondary N) is 1. The van der Waals surface area contributed by atoms with Gasteiger partial charge in [-0.25, -0.2) is 9.97 Å². The van der Waals surface area contributed by atoms with Crippen LogP contribution in [0.1, 0.15) is 0 Å². The molecule has 1 aliphatic heterocycles. The van der Waals surface area contributed by atoms with Gasteiger partial charge in [-0.05, 0) is 18.2 Å². The molecule has 1 aliphatic rings. The Kier molecular flexibility index (Phi) is 3.31. The molecule has 0 amide bonds. The summed E-state index contributed by atoms with van der Waals surface area (Å²) in [5.41, 5.74) is 1.01. The van der Waals surface area contributed by atoms with Crippen LogP contribution in [0.3, 0.4) is 0 Å². The minimum Gasteiger partial charge on any atom is -0.454 e. The molecule has 3 aromatic rings. The van der Waals surface area contributed by atoms with E-state index in [1.165, 1.54) is 18.5 Å². The Morgan fingerprint density at radius 1 is 1.17 bits per heavy atom. The van der Waals surface area contributed by atoms with E-state index < -0.39 is 4.92 Å². The molecule has 9 heteroatoms. The number of hydrogen-bond donors (Lipinski definition) is 1. The molecule has 0 unspecified atom stereocenters. The van der Waals surface area contributed by atoms with Gasteiger partial charge in [-0.1, -0.05) is 11.6 Å². The van der Waals surface area contributed by atoms with Gasteiger partial charge in [0.25, 0.3) is 5.69 Å². The first-order chi connectivity index (χ1) is 11.6. The summed E-state index contributed by atoms with van der Waals surface area (Å²) in [6.07, 6.45) is 1.36. The Balaban J connectivity index is 1.78. The van der Waals surface area contributed by atoms with Gasteiger partial charge in [-0.15, -0.1) is 0 Å². The number of nitrogens with zero attached hydrogens (tertiary/aromatic N) is 3. The van der Waals surface area contributed by atoms with Crippen LogP contribution in [0.2, 0.25) is 5.02 Å². The minimum atomic E-state index is -0.543. The Labute approximate surface area is 140 Å². The zero-order valence-electron chi connectivity index (χ0n) is 12.0. The Morgan fingerprint density at radius 3 is 2.83 bits per heavy atom. The lowest BCUT2D eigenvalue weighted by Gasteiger charge is -2.09. The fourth-order valence-electron chi connectivity index (χ4n) is 2.42. The third-order valence-corrected chi connectivity index (χ3v) is 3.84. The van der Waals surface area contributed by atoms with Crippen LogP contribution in [0.5, 0.6) is 11.5 Å². The van der Waals surface area contributed by atoms with Crippen LogP contribution in [-0.4, -0.2) is 21.7 Å². The summed E-state index contributed by atoms with van der Waals surface area (Å²) in [6.45, 7) is 0.180. The Morgan fingerprint density at radius 2 is 2.00 bits per heavy atom. The second-order valence-corrected chi connectivity index (χ2v) is 5.40. The predicted octanol–water partition coefficient (Wildman–Crippen LogP) is 3.66. The molecule has 1 N–H and O–H groups in total. The van der Waals surface area contributed by atoms with Crippen LogP contribution in [0.4, 0.5) is 17.2 Å². The van der Waals surface area contributed by atoms with Gasteiger partial charge in [0.1, 0.15) is 17.2 Å². The van der Waals surface area contributed by atoms with Crippen molar-refractivity contribution in [2.45, 2.75) is 0 Å². The van der Waals surface area contributed by atoms with E-state index >= 15 is 0 Å². The zero-order valence-corrected chi connectivity index (χ0v) is 12.8. The van der Waals surface area contributed by atoms with Crippen molar-refractivity contribution in [1.29, 1.82) is 0 Å². The van der Waals surface area contributed by atoms with Gasteiger partial charge in [0.15, 0.2) is 11.5 Å². The number of anilines is 2. The van der Waals surface area contributed by atoms with E-state index in [-0.39, 0.29) is 17.5 Å². The minimum absolute atomic E-state index is 0.0280. The van der Waals surface area contributed by atoms with E-state index in [4.69, 9.17) is 21.1 Å². The summed E-state index contributed by atoms with van der Waals surface area (Å²) >= 11 is 5.92. The van der Waals surface area contributed by atoms with Crippen molar-refractivity contribution in [1.82, 2.24) is 9.97 Å². The number of fused-ring (bicyclic) bond motifs is 2. The fourth-order valence-corrected chi connectivity index (χ4v) is 2.64. The van der Waals surface area contributed by atoms with Crippen molar-refractivity contribution in [2.75, 3.05) is 12.1 Å². The van der Waals surface area contributed by atoms with Gasteiger partial charge in [-0.3, -0.25) is 10.1 Å². The summed E-state index contributed by atoms with van der Waals surface area (Å²) < 4.78 is 10.6. The van der Waals surface area contributed by atoms with E-state index in [0.717, 1.165) is 0 Å². The summed E-state index contributed by atoms with van der Waals surface area (Å²) in [7, 11) is 0. The van der Waals surface area contributed by atoms with Crippen molar-refractivity contribution in [3.05, 3.63) is 51.8 Å². The van der Waals surface area contributed by atoms with Crippen LogP contribution in [-0.2, 0) is 0 Å². The number of nitro benzene ring substituents is 1. The van der Waals surface area contributed by atoms with Crippen LogP contribution in [0.15, 0.2) is 36.7 Å². The van der Waals surface area contributed by atoms with E-state index in [2.05, 4.69) is 15.3 Å². The normalized spacial score (nSPS) is 12.4. The smallest absolute Gasteiger partial charge is 0.288 e. The fraction of sp³-hybridized carbons (Fsp3) is 0.0667. The molecule has 2 aromatic carbocycles. The van der Waals surface area contributed by atoms with Crippen molar-refractivity contribution in [3.63, 3.8) is 0 Å². The molecule has 4 rings (SSSR count). The van der Waals surface area contributed by atoms with E-state index in [0.29, 0.717) is 33.9 Å². The molecule has 0 aliphatic carbocycles. The number of halogens is 1. The topological polar surface area (TPSA) is 99.4 Å². The highest BCUT2D eigenvalue weighted by molar-refractivity contribution is 6.33. The third-order valence-electron chi connectivity index (χ3n) is 3.54. The molecule has 24 heavy (non-hydrogen) atoms. The van der Waals surface area contributed by atoms with Gasteiger partial charge in [0, 0.05) is 23.2 Å². The molecule has 0 saturated carbocycles. The zero-order chi connectivity index (χ0) is 16.7. The lowest BCUT2D eigenvalue weighted by molar-refractivity contribution is -0.384. The van der Waals surface area contributed by atoms with Crippen molar-refractivity contribution in [3.8, 4) is 11.5 Å². The lowest BCUT2D eigenvalue weighted by atomic mass is 10.2. The lowest BCUT2D eigenvalue weighted by Crippen LogP contribution is -1.97. The molecule has 8 nitrogen and oxygen atoms in total. The SMILES string of the molecule is O=[N+]([O-])c1cc2c(Nc3ccc4c(c3)OCO4)ncnc2cc1Cl. The first kappa shape index (κ1) is 14.5.